The van der Waals surface area contributed by atoms with Gasteiger partial charge in [-0.3, -0.25) is 18.6 Å². The maximum Gasteiger partial charge on any atom is 0.254 e. The van der Waals surface area contributed by atoms with E-state index in [1.165, 1.54) is 25.2 Å². The van der Waals surface area contributed by atoms with Crippen LogP contribution < -0.4 is 14.9 Å². The third-order valence-electron chi connectivity index (χ3n) is 8.45. The van der Waals surface area contributed by atoms with Crippen molar-refractivity contribution in [1.82, 2.24) is 25.3 Å². The lowest BCUT2D eigenvalue weighted by atomic mass is 10.00. The number of nitrogens with one attached hydrogen (secondary N) is 2. The van der Waals surface area contributed by atoms with Crippen LogP contribution in [0.3, 0.4) is 0 Å². The number of thiophene rings is 1. The molecule has 4 aromatic rings. The number of aryl methyl sites for hydroxylation is 1. The molecular formula is C34H42N6O5S2. The van der Waals surface area contributed by atoms with Gasteiger partial charge in [-0.25, -0.2) is 8.42 Å². The third-order valence-corrected chi connectivity index (χ3v) is 10.6. The van der Waals surface area contributed by atoms with Gasteiger partial charge in [-0.1, -0.05) is 36.4 Å². The molecule has 3 heterocycles. The first-order valence-corrected chi connectivity index (χ1v) is 18.4. The van der Waals surface area contributed by atoms with E-state index in [0.29, 0.717) is 19.5 Å². The zero-order valence-corrected chi connectivity index (χ0v) is 28.5. The number of likely N-dealkylation sites (tertiary alicyclic amines) is 1. The van der Waals surface area contributed by atoms with E-state index in [4.69, 9.17) is 0 Å². The van der Waals surface area contributed by atoms with Crippen molar-refractivity contribution >= 4 is 38.9 Å². The molecule has 0 saturated carbocycles. The molecule has 2 amide bonds. The first-order chi connectivity index (χ1) is 22.5. The number of hydrogen-bond acceptors (Lipinski definition) is 8. The molecule has 5 rings (SSSR count). The Labute approximate surface area is 280 Å². The average molecular weight is 679 g/mol. The lowest BCUT2D eigenvalue weighted by Crippen LogP contribution is -2.48. The third kappa shape index (κ3) is 8.66. The second-order valence-electron chi connectivity index (χ2n) is 11.8. The van der Waals surface area contributed by atoms with Gasteiger partial charge in [-0.15, -0.1) is 11.3 Å². The first kappa shape index (κ1) is 34.3. The van der Waals surface area contributed by atoms with Crippen LogP contribution in [0.2, 0.25) is 0 Å². The molecule has 47 heavy (non-hydrogen) atoms. The fourth-order valence-electron chi connectivity index (χ4n) is 5.77. The van der Waals surface area contributed by atoms with E-state index in [1.807, 2.05) is 65.6 Å². The Morgan fingerprint density at radius 1 is 1.11 bits per heavy atom. The van der Waals surface area contributed by atoms with E-state index in [-0.39, 0.29) is 35.3 Å². The average Bonchev–Trinajstić information content (AvgIpc) is 3.86. The van der Waals surface area contributed by atoms with Gasteiger partial charge in [0.05, 0.1) is 36.3 Å². The minimum atomic E-state index is -3.69. The Bertz CT molecular complexity index is 1760. The van der Waals surface area contributed by atoms with Gasteiger partial charge in [0.2, 0.25) is 10.0 Å². The lowest BCUT2D eigenvalue weighted by Gasteiger charge is -2.27. The summed E-state index contributed by atoms with van der Waals surface area (Å²) in [6.07, 6.45) is 5.85. The zero-order chi connectivity index (χ0) is 33.6. The second kappa shape index (κ2) is 15.2. The number of rotatable bonds is 14. The molecule has 1 aliphatic heterocycles. The Balaban J connectivity index is 1.40. The standard InChI is InChI=1S/C34H42N6O5S2/c1-4-39-23-25(21-36-39)20-35-22-31(41)29(16-24-10-6-5-7-11-24)37-33(42)26-17-27(19-28(18-26)38(2)47(3,44)45)34(43)40-14-8-12-30(40)32-13-9-15-46-32/h5-7,9-11,13,15,17-19,21,23,29-31,35,41H,4,8,12,14,16,20,22H2,1-3H3,(H,37,42)/t29-,30?,31-/m0/s1. The van der Waals surface area contributed by atoms with Crippen molar-refractivity contribution in [1.29, 1.82) is 0 Å². The van der Waals surface area contributed by atoms with Gasteiger partial charge >= 0.3 is 0 Å². The van der Waals surface area contributed by atoms with Crippen LogP contribution >= 0.6 is 11.3 Å². The normalized spacial score (nSPS) is 16.2. The number of benzene rings is 2. The fourth-order valence-corrected chi connectivity index (χ4v) is 7.13. The molecule has 0 aliphatic carbocycles. The van der Waals surface area contributed by atoms with Crippen LogP contribution in [-0.4, -0.2) is 78.6 Å². The predicted octanol–water partition coefficient (Wildman–Crippen LogP) is 3.83. The number of hydrogen-bond donors (Lipinski definition) is 3. The summed E-state index contributed by atoms with van der Waals surface area (Å²) in [5.74, 6) is -0.793. The molecule has 13 heteroatoms. The van der Waals surface area contributed by atoms with E-state index in [2.05, 4.69) is 15.7 Å². The SMILES string of the molecule is CCn1cc(CNC[C@H](O)[C@H](Cc2ccccc2)NC(=O)c2cc(C(=O)N3CCCC3c3cccs3)cc(N(C)S(C)(=O)=O)c2)cn1. The highest BCUT2D eigenvalue weighted by Crippen LogP contribution is 2.36. The maximum absolute atomic E-state index is 14.0. The van der Waals surface area contributed by atoms with Crippen molar-refractivity contribution in [3.63, 3.8) is 0 Å². The quantitative estimate of drug-likeness (QED) is 0.185. The van der Waals surface area contributed by atoms with Crippen LogP contribution in [0.15, 0.2) is 78.4 Å². The number of anilines is 1. The van der Waals surface area contributed by atoms with E-state index in [9.17, 15) is 23.1 Å². The van der Waals surface area contributed by atoms with Crippen molar-refractivity contribution in [3.05, 3.63) is 106 Å². The summed E-state index contributed by atoms with van der Waals surface area (Å²) in [6, 6.07) is 17.2. The van der Waals surface area contributed by atoms with Crippen LogP contribution in [0, 0.1) is 0 Å². The maximum atomic E-state index is 14.0. The topological polar surface area (TPSA) is 137 Å². The molecule has 1 unspecified atom stereocenters. The van der Waals surface area contributed by atoms with E-state index >= 15 is 0 Å². The zero-order valence-electron chi connectivity index (χ0n) is 26.9. The van der Waals surface area contributed by atoms with Gasteiger partial charge in [-0.05, 0) is 61.4 Å². The molecule has 250 valence electrons. The van der Waals surface area contributed by atoms with Gasteiger partial charge in [0.15, 0.2) is 0 Å². The molecule has 0 radical (unpaired) electrons. The monoisotopic (exact) mass is 678 g/mol. The number of aliphatic hydroxyl groups is 1. The molecule has 11 nitrogen and oxygen atoms in total. The molecule has 1 aliphatic rings. The van der Waals surface area contributed by atoms with Gasteiger partial charge in [0.1, 0.15) is 0 Å². The number of carbonyl (C=O) groups excluding carboxylic acids is 2. The first-order valence-electron chi connectivity index (χ1n) is 15.7. The lowest BCUT2D eigenvalue weighted by molar-refractivity contribution is 0.0737. The van der Waals surface area contributed by atoms with Crippen LogP contribution in [0.25, 0.3) is 0 Å². The van der Waals surface area contributed by atoms with Crippen molar-refractivity contribution in [2.24, 2.45) is 0 Å². The fraction of sp³-hybridized carbons (Fsp3) is 0.382. The van der Waals surface area contributed by atoms with Gasteiger partial charge in [0, 0.05) is 61.0 Å². The van der Waals surface area contributed by atoms with Crippen molar-refractivity contribution < 1.29 is 23.1 Å². The number of carbonyl (C=O) groups is 2. The van der Waals surface area contributed by atoms with E-state index < -0.39 is 28.1 Å². The number of aliphatic hydroxyl groups excluding tert-OH is 1. The second-order valence-corrected chi connectivity index (χ2v) is 14.8. The van der Waals surface area contributed by atoms with Crippen LogP contribution in [0.1, 0.15) is 62.5 Å². The predicted molar refractivity (Wildman–Crippen MR) is 184 cm³/mol. The van der Waals surface area contributed by atoms with Gasteiger partial charge < -0.3 is 20.6 Å². The van der Waals surface area contributed by atoms with Gasteiger partial charge in [-0.2, -0.15) is 5.10 Å². The summed E-state index contributed by atoms with van der Waals surface area (Å²) in [4.78, 5) is 30.7. The summed E-state index contributed by atoms with van der Waals surface area (Å²) in [5, 5.41) is 23.8. The highest BCUT2D eigenvalue weighted by molar-refractivity contribution is 7.92. The summed E-state index contributed by atoms with van der Waals surface area (Å²) in [5.41, 5.74) is 2.45. The summed E-state index contributed by atoms with van der Waals surface area (Å²) < 4.78 is 28.0. The van der Waals surface area contributed by atoms with Crippen molar-refractivity contribution in [3.8, 4) is 0 Å². The Kier molecular flexibility index (Phi) is 11.1. The highest BCUT2D eigenvalue weighted by Gasteiger charge is 2.32. The summed E-state index contributed by atoms with van der Waals surface area (Å²) in [7, 11) is -2.30. The smallest absolute Gasteiger partial charge is 0.254 e. The van der Waals surface area contributed by atoms with E-state index in [0.717, 1.165) is 46.0 Å². The minimum absolute atomic E-state index is 0.0784. The Hall–Kier alpha value is -4.04. The van der Waals surface area contributed by atoms with E-state index in [1.54, 1.807) is 22.4 Å². The molecule has 0 bridgehead atoms. The largest absolute Gasteiger partial charge is 0.390 e. The number of amides is 2. The molecule has 1 saturated heterocycles. The number of aromatic nitrogens is 2. The highest BCUT2D eigenvalue weighted by atomic mass is 32.2. The molecule has 3 atom stereocenters. The van der Waals surface area contributed by atoms with Crippen molar-refractivity contribution in [2.45, 2.75) is 57.5 Å². The Morgan fingerprint density at radius 3 is 2.55 bits per heavy atom. The molecule has 2 aromatic carbocycles. The van der Waals surface area contributed by atoms with Crippen LogP contribution in [-0.2, 0) is 29.5 Å². The summed E-state index contributed by atoms with van der Waals surface area (Å²) >= 11 is 1.59. The van der Waals surface area contributed by atoms with Gasteiger partial charge in [0.25, 0.3) is 11.8 Å². The molecule has 3 N–H and O–H groups in total. The van der Waals surface area contributed by atoms with Crippen LogP contribution in [0.5, 0.6) is 0 Å². The molecule has 1 fully saturated rings. The van der Waals surface area contributed by atoms with Crippen molar-refractivity contribution in [2.75, 3.05) is 30.7 Å². The number of sulfonamides is 1. The number of nitrogens with zero attached hydrogens (tertiary/aromatic N) is 4. The minimum Gasteiger partial charge on any atom is -0.390 e. The Morgan fingerprint density at radius 2 is 1.87 bits per heavy atom. The molecule has 2 aromatic heterocycles. The van der Waals surface area contributed by atoms with Crippen LogP contribution in [0.4, 0.5) is 5.69 Å². The molecular weight excluding hydrogens is 637 g/mol. The molecule has 0 spiro atoms. The summed E-state index contributed by atoms with van der Waals surface area (Å²) in [6.45, 7) is 4.03.